The van der Waals surface area contributed by atoms with Crippen LogP contribution in [0.1, 0.15) is 17.5 Å². The van der Waals surface area contributed by atoms with Crippen LogP contribution in [0.4, 0.5) is 8.78 Å². The molecule has 167 valence electrons. The third-order valence-electron chi connectivity index (χ3n) is 5.88. The molecule has 2 aromatic carbocycles. The molecular formula is C25H27F2N4S. The first-order valence-electron chi connectivity index (χ1n) is 10.9. The maximum Gasteiger partial charge on any atom is 0.126 e. The quantitative estimate of drug-likeness (QED) is 0.489. The van der Waals surface area contributed by atoms with Crippen LogP contribution in [0.5, 0.6) is 0 Å². The zero-order valence-corrected chi connectivity index (χ0v) is 19.0. The number of aryl methyl sites for hydroxylation is 1. The summed E-state index contributed by atoms with van der Waals surface area (Å²) in [6, 6.07) is 16.2. The Morgan fingerprint density at radius 2 is 1.78 bits per heavy atom. The van der Waals surface area contributed by atoms with Gasteiger partial charge < -0.3 is 9.80 Å². The molecule has 1 fully saturated rings. The number of halogens is 2. The Balaban J connectivity index is 1.48. The van der Waals surface area contributed by atoms with E-state index in [0.29, 0.717) is 22.4 Å². The lowest BCUT2D eigenvalue weighted by Gasteiger charge is -2.32. The average Bonchev–Trinajstić information content (AvgIpc) is 2.77. The molecule has 1 aromatic heterocycles. The lowest BCUT2D eigenvalue weighted by atomic mass is 10.0. The van der Waals surface area contributed by atoms with Crippen molar-refractivity contribution in [1.29, 1.82) is 0 Å². The fourth-order valence-electron chi connectivity index (χ4n) is 4.02. The molecule has 3 aromatic rings. The summed E-state index contributed by atoms with van der Waals surface area (Å²) in [5.41, 5.74) is 3.14. The van der Waals surface area contributed by atoms with E-state index in [-0.39, 0.29) is 0 Å². The number of hydrogen-bond donors (Lipinski definition) is 0. The highest BCUT2D eigenvalue weighted by molar-refractivity contribution is 7.71. The summed E-state index contributed by atoms with van der Waals surface area (Å²) < 4.78 is 29.6. The van der Waals surface area contributed by atoms with Gasteiger partial charge in [-0.3, -0.25) is 0 Å². The van der Waals surface area contributed by atoms with Gasteiger partial charge >= 0.3 is 0 Å². The van der Waals surface area contributed by atoms with Crippen molar-refractivity contribution in [1.82, 2.24) is 19.6 Å². The minimum Gasteiger partial charge on any atom is -0.304 e. The summed E-state index contributed by atoms with van der Waals surface area (Å²) in [6.45, 7) is 6.05. The smallest absolute Gasteiger partial charge is 0.126 e. The topological polar surface area (TPSA) is 24.3 Å². The summed E-state index contributed by atoms with van der Waals surface area (Å²) in [6.07, 6.45) is 2.00. The Morgan fingerprint density at radius 3 is 2.53 bits per heavy atom. The van der Waals surface area contributed by atoms with E-state index in [1.807, 2.05) is 12.1 Å². The maximum atomic E-state index is 13.7. The van der Waals surface area contributed by atoms with Crippen molar-refractivity contribution in [3.05, 3.63) is 82.0 Å². The van der Waals surface area contributed by atoms with Gasteiger partial charge in [-0.1, -0.05) is 30.4 Å². The van der Waals surface area contributed by atoms with Crippen LogP contribution in [-0.2, 0) is 13.0 Å². The Morgan fingerprint density at radius 1 is 1.03 bits per heavy atom. The van der Waals surface area contributed by atoms with Crippen molar-refractivity contribution < 1.29 is 8.78 Å². The van der Waals surface area contributed by atoms with Crippen LogP contribution in [0, 0.1) is 22.3 Å². The van der Waals surface area contributed by atoms with Crippen molar-refractivity contribution in [3.63, 3.8) is 0 Å². The molecule has 0 aliphatic carbocycles. The largest absolute Gasteiger partial charge is 0.304 e. The zero-order valence-electron chi connectivity index (χ0n) is 18.2. The number of piperazine rings is 1. The minimum atomic E-state index is -0.629. The highest BCUT2D eigenvalue weighted by atomic mass is 32.1. The molecular weight excluding hydrogens is 426 g/mol. The molecule has 1 saturated heterocycles. The molecule has 7 heteroatoms. The van der Waals surface area contributed by atoms with Gasteiger partial charge in [0.05, 0.1) is 12.2 Å². The number of hydrogen-bond acceptors (Lipinski definition) is 4. The van der Waals surface area contributed by atoms with Gasteiger partial charge in [0.15, 0.2) is 0 Å². The number of likely N-dealkylation sites (N-methyl/N-ethyl adjacent to an activating group) is 1. The van der Waals surface area contributed by atoms with Gasteiger partial charge in [0, 0.05) is 37.8 Å². The molecule has 0 amide bonds. The summed E-state index contributed by atoms with van der Waals surface area (Å²) in [5, 5.41) is 4.57. The molecule has 0 atom stereocenters. The Labute approximate surface area is 193 Å². The fourth-order valence-corrected chi connectivity index (χ4v) is 4.19. The second kappa shape index (κ2) is 10.4. The van der Waals surface area contributed by atoms with Gasteiger partial charge in [0.25, 0.3) is 0 Å². The van der Waals surface area contributed by atoms with Gasteiger partial charge in [-0.15, -0.1) is 0 Å². The third-order valence-corrected chi connectivity index (χ3v) is 6.23. The Hall–Kier alpha value is -2.48. The Kier molecular flexibility index (Phi) is 7.40. The first-order valence-corrected chi connectivity index (χ1v) is 11.3. The normalized spacial score (nSPS) is 15.2. The van der Waals surface area contributed by atoms with E-state index in [4.69, 9.17) is 12.2 Å². The number of benzene rings is 2. The predicted octanol–water partition coefficient (Wildman–Crippen LogP) is 4.59. The van der Waals surface area contributed by atoms with E-state index in [2.05, 4.69) is 34.1 Å². The van der Waals surface area contributed by atoms with E-state index in [1.54, 1.807) is 16.8 Å². The minimum absolute atomic E-state index is 0.387. The Bertz CT molecular complexity index is 1100. The second-order valence-electron chi connectivity index (χ2n) is 8.29. The second-order valence-corrected chi connectivity index (χ2v) is 8.71. The van der Waals surface area contributed by atoms with Crippen LogP contribution in [0.25, 0.3) is 11.3 Å². The van der Waals surface area contributed by atoms with Crippen molar-refractivity contribution in [2.75, 3.05) is 39.8 Å². The first-order chi connectivity index (χ1) is 15.5. The molecule has 0 spiro atoms. The van der Waals surface area contributed by atoms with E-state index in [9.17, 15) is 8.78 Å². The summed E-state index contributed by atoms with van der Waals surface area (Å²) in [5.74, 6) is -1.26. The fraction of sp³-hybridized carbons (Fsp3) is 0.360. The molecule has 32 heavy (non-hydrogen) atoms. The molecule has 1 aliphatic heterocycles. The SMILES string of the molecule is CN1CCN(CCCc2[c]cccc2Cn2nc(-c3cc(F)cc(F)c3)ccc2=S)CC1. The van der Waals surface area contributed by atoms with E-state index in [0.717, 1.165) is 62.8 Å². The van der Waals surface area contributed by atoms with Crippen LogP contribution in [-0.4, -0.2) is 59.4 Å². The lowest BCUT2D eigenvalue weighted by molar-refractivity contribution is 0.153. The molecule has 4 rings (SSSR count). The van der Waals surface area contributed by atoms with Crippen LogP contribution >= 0.6 is 12.2 Å². The zero-order chi connectivity index (χ0) is 22.5. The predicted molar refractivity (Wildman–Crippen MR) is 125 cm³/mol. The molecule has 0 N–H and O–H groups in total. The summed E-state index contributed by atoms with van der Waals surface area (Å²) >= 11 is 5.47. The number of rotatable bonds is 7. The number of aromatic nitrogens is 2. The lowest BCUT2D eigenvalue weighted by Crippen LogP contribution is -2.44. The van der Waals surface area contributed by atoms with E-state index >= 15 is 0 Å². The molecule has 0 bridgehead atoms. The molecule has 1 aliphatic rings. The van der Waals surface area contributed by atoms with Gasteiger partial charge in [-0.2, -0.15) is 5.10 Å². The van der Waals surface area contributed by atoms with Gasteiger partial charge in [0.1, 0.15) is 16.3 Å². The summed E-state index contributed by atoms with van der Waals surface area (Å²) in [7, 11) is 2.17. The highest BCUT2D eigenvalue weighted by Crippen LogP contribution is 2.20. The molecule has 0 unspecified atom stereocenters. The van der Waals surface area contributed by atoms with Crippen molar-refractivity contribution in [2.24, 2.45) is 0 Å². The average molecular weight is 454 g/mol. The monoisotopic (exact) mass is 453 g/mol. The van der Waals surface area contributed by atoms with Gasteiger partial charge in [0.2, 0.25) is 0 Å². The molecule has 0 saturated carbocycles. The van der Waals surface area contributed by atoms with E-state index < -0.39 is 11.6 Å². The van der Waals surface area contributed by atoms with Crippen LogP contribution < -0.4 is 0 Å². The summed E-state index contributed by atoms with van der Waals surface area (Å²) in [4.78, 5) is 4.88. The van der Waals surface area contributed by atoms with Gasteiger partial charge in [-0.25, -0.2) is 13.5 Å². The van der Waals surface area contributed by atoms with Gasteiger partial charge in [-0.05, 0) is 67.9 Å². The highest BCUT2D eigenvalue weighted by Gasteiger charge is 2.14. The van der Waals surface area contributed by atoms with Crippen LogP contribution in [0.15, 0.2) is 48.5 Å². The number of nitrogens with zero attached hydrogens (tertiary/aromatic N) is 4. The van der Waals surface area contributed by atoms with Crippen LogP contribution in [0.3, 0.4) is 0 Å². The van der Waals surface area contributed by atoms with E-state index in [1.165, 1.54) is 12.1 Å². The standard InChI is InChI=1S/C25H27F2N4S/c1-29-11-13-30(14-12-29)10-4-7-19-5-2-3-6-20(19)18-31-25(32)9-8-24(28-31)21-15-22(26)17-23(27)16-21/h2-3,6,8-9,15-17H,4,7,10-14,18H2,1H3. The first kappa shape index (κ1) is 22.7. The third kappa shape index (κ3) is 5.85. The molecule has 1 radical (unpaired) electrons. The molecule has 4 nitrogen and oxygen atoms in total. The molecule has 2 heterocycles. The van der Waals surface area contributed by atoms with Crippen molar-refractivity contribution in [2.45, 2.75) is 19.4 Å². The van der Waals surface area contributed by atoms with Crippen molar-refractivity contribution in [3.8, 4) is 11.3 Å². The van der Waals surface area contributed by atoms with Crippen molar-refractivity contribution >= 4 is 12.2 Å². The van der Waals surface area contributed by atoms with Crippen LogP contribution in [0.2, 0.25) is 0 Å². The maximum absolute atomic E-state index is 13.7.